The van der Waals surface area contributed by atoms with Gasteiger partial charge in [-0.25, -0.2) is 9.97 Å². The summed E-state index contributed by atoms with van der Waals surface area (Å²) in [5, 5.41) is 0.442. The van der Waals surface area contributed by atoms with E-state index in [2.05, 4.69) is 21.8 Å². The van der Waals surface area contributed by atoms with E-state index in [0.717, 1.165) is 17.9 Å². The van der Waals surface area contributed by atoms with Crippen molar-refractivity contribution in [3.8, 4) is 0 Å². The van der Waals surface area contributed by atoms with E-state index in [4.69, 9.17) is 11.6 Å². The lowest BCUT2D eigenvalue weighted by atomic mass is 10.1. The van der Waals surface area contributed by atoms with E-state index >= 15 is 0 Å². The second kappa shape index (κ2) is 7.42. The summed E-state index contributed by atoms with van der Waals surface area (Å²) in [5.41, 5.74) is 1.79. The van der Waals surface area contributed by atoms with E-state index < -0.39 is 0 Å². The Labute approximate surface area is 141 Å². The summed E-state index contributed by atoms with van der Waals surface area (Å²) in [6.45, 7) is 5.38. The topological polar surface area (TPSA) is 49.3 Å². The van der Waals surface area contributed by atoms with Crippen LogP contribution in [-0.2, 0) is 6.54 Å². The molecule has 0 fully saturated rings. The van der Waals surface area contributed by atoms with E-state index in [1.807, 2.05) is 31.2 Å². The number of amides is 1. The molecule has 0 aliphatic rings. The van der Waals surface area contributed by atoms with Gasteiger partial charge in [-0.1, -0.05) is 23.7 Å². The van der Waals surface area contributed by atoms with Crippen molar-refractivity contribution >= 4 is 23.3 Å². The summed E-state index contributed by atoms with van der Waals surface area (Å²) < 4.78 is 0. The molecule has 2 rings (SSSR count). The first-order chi connectivity index (χ1) is 10.9. The van der Waals surface area contributed by atoms with Gasteiger partial charge >= 0.3 is 0 Å². The first-order valence-corrected chi connectivity index (χ1v) is 7.85. The molecule has 1 amide bonds. The summed E-state index contributed by atoms with van der Waals surface area (Å²) >= 11 is 6.02. The van der Waals surface area contributed by atoms with Crippen LogP contribution < -0.4 is 4.90 Å². The molecule has 6 heteroatoms. The minimum Gasteiger partial charge on any atom is -0.352 e. The maximum Gasteiger partial charge on any atom is 0.253 e. The second-order valence-corrected chi connectivity index (χ2v) is 5.89. The van der Waals surface area contributed by atoms with Crippen molar-refractivity contribution in [2.45, 2.75) is 20.4 Å². The largest absolute Gasteiger partial charge is 0.352 e. The Morgan fingerprint density at radius 3 is 2.35 bits per heavy atom. The quantitative estimate of drug-likeness (QED) is 0.789. The summed E-state index contributed by atoms with van der Waals surface area (Å²) in [5.74, 6) is 1.46. The van der Waals surface area contributed by atoms with Gasteiger partial charge in [-0.15, -0.1) is 0 Å². The van der Waals surface area contributed by atoms with Crippen LogP contribution in [0.5, 0.6) is 0 Å². The van der Waals surface area contributed by atoms with Gasteiger partial charge in [0.1, 0.15) is 16.8 Å². The maximum atomic E-state index is 11.9. The third-order valence-corrected chi connectivity index (χ3v) is 3.67. The van der Waals surface area contributed by atoms with Crippen LogP contribution in [0, 0.1) is 6.92 Å². The van der Waals surface area contributed by atoms with Crippen molar-refractivity contribution in [3.05, 3.63) is 52.4 Å². The molecule has 1 heterocycles. The van der Waals surface area contributed by atoms with Crippen LogP contribution >= 0.6 is 11.6 Å². The number of carbonyl (C=O) groups is 1. The van der Waals surface area contributed by atoms with E-state index in [9.17, 15) is 4.79 Å². The van der Waals surface area contributed by atoms with Crippen molar-refractivity contribution in [2.24, 2.45) is 0 Å². The lowest BCUT2D eigenvalue weighted by Crippen LogP contribution is -2.24. The van der Waals surface area contributed by atoms with E-state index in [0.29, 0.717) is 23.1 Å². The van der Waals surface area contributed by atoms with Crippen LogP contribution in [0.3, 0.4) is 0 Å². The lowest BCUT2D eigenvalue weighted by Gasteiger charge is -2.22. The highest BCUT2D eigenvalue weighted by Crippen LogP contribution is 2.18. The van der Waals surface area contributed by atoms with Gasteiger partial charge in [0.05, 0.1) is 0 Å². The zero-order chi connectivity index (χ0) is 17.0. The van der Waals surface area contributed by atoms with Gasteiger partial charge in [0.25, 0.3) is 5.91 Å². The summed E-state index contributed by atoms with van der Waals surface area (Å²) in [7, 11) is 3.49. The fourth-order valence-corrected chi connectivity index (χ4v) is 2.48. The molecule has 0 unspecified atom stereocenters. The van der Waals surface area contributed by atoms with Gasteiger partial charge in [-0.3, -0.25) is 4.79 Å². The monoisotopic (exact) mass is 332 g/mol. The van der Waals surface area contributed by atoms with Crippen LogP contribution in [0.1, 0.15) is 28.7 Å². The highest BCUT2D eigenvalue weighted by atomic mass is 35.5. The molecule has 1 aromatic carbocycles. The molecule has 1 aromatic heterocycles. The molecule has 5 nitrogen and oxygen atoms in total. The summed E-state index contributed by atoms with van der Waals surface area (Å²) in [4.78, 5) is 24.1. The Morgan fingerprint density at radius 2 is 1.83 bits per heavy atom. The van der Waals surface area contributed by atoms with Gasteiger partial charge in [0, 0.05) is 38.8 Å². The molecular formula is C17H21ClN4O. The minimum absolute atomic E-state index is 0.00195. The van der Waals surface area contributed by atoms with Gasteiger partial charge in [0.15, 0.2) is 0 Å². The number of aryl methyl sites for hydroxylation is 1. The molecule has 122 valence electrons. The number of nitrogens with zero attached hydrogens (tertiary/aromatic N) is 4. The van der Waals surface area contributed by atoms with Crippen molar-refractivity contribution in [1.29, 1.82) is 0 Å². The van der Waals surface area contributed by atoms with Crippen molar-refractivity contribution < 1.29 is 4.79 Å². The predicted octanol–water partition coefficient (Wildman–Crippen LogP) is 3.17. The van der Waals surface area contributed by atoms with Crippen LogP contribution in [-0.4, -0.2) is 41.4 Å². The smallest absolute Gasteiger partial charge is 0.253 e. The number of hydrogen-bond donors (Lipinski definition) is 0. The number of rotatable bonds is 5. The zero-order valence-corrected chi connectivity index (χ0v) is 14.6. The summed E-state index contributed by atoms with van der Waals surface area (Å²) in [6.07, 6.45) is 0. The lowest BCUT2D eigenvalue weighted by molar-refractivity contribution is 0.0827. The molecule has 0 atom stereocenters. The molecular weight excluding hydrogens is 312 g/mol. The molecule has 0 saturated heterocycles. The average molecular weight is 333 g/mol. The number of halogens is 1. The first kappa shape index (κ1) is 17.2. The molecule has 0 radical (unpaired) electrons. The Hall–Kier alpha value is -2.14. The van der Waals surface area contributed by atoms with E-state index in [1.165, 1.54) is 0 Å². The van der Waals surface area contributed by atoms with Crippen molar-refractivity contribution in [3.63, 3.8) is 0 Å². The normalized spacial score (nSPS) is 10.5. The Balaban J connectivity index is 2.17. The standard InChI is InChI=1S/C17H21ClN4O/c1-5-22(16-10-15(18)19-12(2)20-16)11-13-6-8-14(9-7-13)17(23)21(3)4/h6-10H,5,11H2,1-4H3. The number of carbonyl (C=O) groups excluding carboxylic acids is 1. The third kappa shape index (κ3) is 4.42. The molecule has 0 aliphatic heterocycles. The third-order valence-electron chi connectivity index (χ3n) is 3.48. The maximum absolute atomic E-state index is 11.9. The fourth-order valence-electron chi connectivity index (χ4n) is 2.26. The Kier molecular flexibility index (Phi) is 5.55. The molecule has 0 aliphatic carbocycles. The number of anilines is 1. The van der Waals surface area contributed by atoms with Crippen molar-refractivity contribution in [1.82, 2.24) is 14.9 Å². The average Bonchev–Trinajstić information content (AvgIpc) is 2.51. The Morgan fingerprint density at radius 1 is 1.17 bits per heavy atom. The van der Waals surface area contributed by atoms with Crippen LogP contribution in [0.15, 0.2) is 30.3 Å². The van der Waals surface area contributed by atoms with Gasteiger partial charge in [-0.2, -0.15) is 0 Å². The number of aromatic nitrogens is 2. The van der Waals surface area contributed by atoms with Gasteiger partial charge < -0.3 is 9.80 Å². The van der Waals surface area contributed by atoms with Crippen molar-refractivity contribution in [2.75, 3.05) is 25.5 Å². The first-order valence-electron chi connectivity index (χ1n) is 7.47. The second-order valence-electron chi connectivity index (χ2n) is 5.51. The predicted molar refractivity (Wildman–Crippen MR) is 93.0 cm³/mol. The highest BCUT2D eigenvalue weighted by Gasteiger charge is 2.11. The SMILES string of the molecule is CCN(Cc1ccc(C(=O)N(C)C)cc1)c1cc(Cl)nc(C)n1. The van der Waals surface area contributed by atoms with Crippen LogP contribution in [0.2, 0.25) is 5.15 Å². The molecule has 0 bridgehead atoms. The van der Waals surface area contributed by atoms with Crippen LogP contribution in [0.4, 0.5) is 5.82 Å². The van der Waals surface area contributed by atoms with E-state index in [-0.39, 0.29) is 5.91 Å². The fraction of sp³-hybridized carbons (Fsp3) is 0.353. The Bertz CT molecular complexity index is 665. The molecule has 23 heavy (non-hydrogen) atoms. The number of hydrogen-bond acceptors (Lipinski definition) is 4. The molecule has 0 N–H and O–H groups in total. The van der Waals surface area contributed by atoms with Crippen LogP contribution in [0.25, 0.3) is 0 Å². The highest BCUT2D eigenvalue weighted by molar-refractivity contribution is 6.29. The van der Waals surface area contributed by atoms with Gasteiger partial charge in [-0.05, 0) is 31.5 Å². The zero-order valence-electron chi connectivity index (χ0n) is 13.9. The molecule has 2 aromatic rings. The van der Waals surface area contributed by atoms with E-state index in [1.54, 1.807) is 25.1 Å². The summed E-state index contributed by atoms with van der Waals surface area (Å²) in [6, 6.07) is 9.40. The minimum atomic E-state index is 0.00195. The molecule has 0 saturated carbocycles. The van der Waals surface area contributed by atoms with Gasteiger partial charge in [0.2, 0.25) is 0 Å². The molecule has 0 spiro atoms. The number of benzene rings is 1.